The number of esters is 2. The fourth-order valence-electron chi connectivity index (χ4n) is 4.38. The van der Waals surface area contributed by atoms with Crippen LogP contribution in [-0.2, 0) is 19.1 Å². The van der Waals surface area contributed by atoms with Crippen LogP contribution < -0.4 is 10.1 Å². The van der Waals surface area contributed by atoms with Crippen LogP contribution >= 0.6 is 23.2 Å². The SMILES string of the molecule is CC(C)(C)OC(=O)CCC(=O)Nc1ccc(Oc2c(Cl)cc(Cl)cc2-c2ccc(C(=O)OCC3CC(F)(F)C3(F)F)cc2)cc1. The van der Waals surface area contributed by atoms with E-state index in [9.17, 15) is 31.9 Å². The van der Waals surface area contributed by atoms with Crippen LogP contribution in [0.2, 0.25) is 10.0 Å². The van der Waals surface area contributed by atoms with Gasteiger partial charge >= 0.3 is 23.8 Å². The van der Waals surface area contributed by atoms with Gasteiger partial charge in [-0.3, -0.25) is 9.59 Å². The van der Waals surface area contributed by atoms with Gasteiger partial charge in [0.1, 0.15) is 18.0 Å². The number of anilines is 1. The summed E-state index contributed by atoms with van der Waals surface area (Å²) >= 11 is 12.7. The van der Waals surface area contributed by atoms with E-state index in [1.54, 1.807) is 51.1 Å². The Morgan fingerprint density at radius 1 is 0.933 bits per heavy atom. The Kier molecular flexibility index (Phi) is 10.0. The Bertz CT molecular complexity index is 1570. The molecule has 3 aromatic carbocycles. The van der Waals surface area contributed by atoms with E-state index in [0.717, 1.165) is 0 Å². The molecule has 1 unspecified atom stereocenters. The zero-order valence-electron chi connectivity index (χ0n) is 24.4. The van der Waals surface area contributed by atoms with Gasteiger partial charge in [-0.2, -0.15) is 17.6 Å². The highest BCUT2D eigenvalue weighted by molar-refractivity contribution is 6.36. The number of carbonyl (C=O) groups is 3. The van der Waals surface area contributed by atoms with E-state index in [1.165, 1.54) is 30.3 Å². The van der Waals surface area contributed by atoms with Gasteiger partial charge < -0.3 is 19.5 Å². The van der Waals surface area contributed by atoms with Gasteiger partial charge in [-0.1, -0.05) is 35.3 Å². The van der Waals surface area contributed by atoms with Gasteiger partial charge in [0.05, 0.1) is 22.9 Å². The first-order valence-corrected chi connectivity index (χ1v) is 14.5. The van der Waals surface area contributed by atoms with Gasteiger partial charge in [-0.05, 0) is 74.9 Å². The minimum atomic E-state index is -4.23. The van der Waals surface area contributed by atoms with Crippen LogP contribution in [0.4, 0.5) is 23.2 Å². The number of carbonyl (C=O) groups excluding carboxylic acids is 3. The highest BCUT2D eigenvalue weighted by atomic mass is 35.5. The molecule has 45 heavy (non-hydrogen) atoms. The lowest BCUT2D eigenvalue weighted by atomic mass is 9.77. The molecule has 240 valence electrons. The molecule has 1 N–H and O–H groups in total. The molecule has 13 heteroatoms. The molecule has 0 aliphatic heterocycles. The first-order valence-electron chi connectivity index (χ1n) is 13.8. The predicted octanol–water partition coefficient (Wildman–Crippen LogP) is 8.96. The second-order valence-corrected chi connectivity index (χ2v) is 12.3. The van der Waals surface area contributed by atoms with Gasteiger partial charge in [-0.15, -0.1) is 0 Å². The molecule has 4 rings (SSSR count). The summed E-state index contributed by atoms with van der Waals surface area (Å²) in [5.41, 5.74) is 0.844. The average Bonchev–Trinajstić information content (AvgIpc) is 2.95. The molecule has 1 amide bonds. The zero-order valence-corrected chi connectivity index (χ0v) is 25.9. The van der Waals surface area contributed by atoms with Gasteiger partial charge in [0.2, 0.25) is 5.91 Å². The number of hydrogen-bond donors (Lipinski definition) is 1. The van der Waals surface area contributed by atoms with Crippen molar-refractivity contribution in [2.24, 2.45) is 5.92 Å². The van der Waals surface area contributed by atoms with Crippen LogP contribution in [0.25, 0.3) is 11.1 Å². The molecule has 1 saturated carbocycles. The number of benzene rings is 3. The first kappa shape index (κ1) is 34.1. The number of ether oxygens (including phenoxy) is 3. The number of nitrogens with one attached hydrogen (secondary N) is 1. The monoisotopic (exact) mass is 669 g/mol. The third-order valence-electron chi connectivity index (χ3n) is 6.69. The summed E-state index contributed by atoms with van der Waals surface area (Å²) in [7, 11) is 0. The number of hydrogen-bond acceptors (Lipinski definition) is 6. The Hall–Kier alpha value is -3.83. The smallest absolute Gasteiger partial charge is 0.338 e. The summed E-state index contributed by atoms with van der Waals surface area (Å²) in [6.07, 6.45) is -1.17. The number of alkyl halides is 4. The molecule has 0 saturated heterocycles. The van der Waals surface area contributed by atoms with Crippen LogP contribution in [-0.4, -0.2) is 41.9 Å². The molecule has 0 radical (unpaired) electrons. The lowest BCUT2D eigenvalue weighted by molar-refractivity contribution is -0.318. The van der Waals surface area contributed by atoms with Gasteiger partial charge in [0, 0.05) is 29.1 Å². The molecule has 0 heterocycles. The summed E-state index contributed by atoms with van der Waals surface area (Å²) in [4.78, 5) is 36.5. The fraction of sp³-hybridized carbons (Fsp3) is 0.344. The summed E-state index contributed by atoms with van der Waals surface area (Å²) in [5, 5.41) is 3.18. The van der Waals surface area contributed by atoms with E-state index in [2.05, 4.69) is 5.32 Å². The molecule has 3 aromatic rings. The lowest BCUT2D eigenvalue weighted by Gasteiger charge is -2.43. The van der Waals surface area contributed by atoms with Gasteiger partial charge in [-0.25, -0.2) is 4.79 Å². The second-order valence-electron chi connectivity index (χ2n) is 11.4. The van der Waals surface area contributed by atoms with Crippen LogP contribution in [0, 0.1) is 5.92 Å². The van der Waals surface area contributed by atoms with E-state index in [4.69, 9.17) is 37.4 Å². The molecule has 0 spiro atoms. The van der Waals surface area contributed by atoms with Crippen molar-refractivity contribution in [3.8, 4) is 22.6 Å². The Balaban J connectivity index is 1.40. The molecule has 0 bridgehead atoms. The molecule has 0 aromatic heterocycles. The normalized spacial score (nSPS) is 16.7. The van der Waals surface area contributed by atoms with Crippen molar-refractivity contribution in [1.82, 2.24) is 0 Å². The Labute approximate surface area is 266 Å². The minimum absolute atomic E-state index is 0.0208. The van der Waals surface area contributed by atoms with Crippen molar-refractivity contribution in [2.75, 3.05) is 11.9 Å². The number of rotatable bonds is 10. The summed E-state index contributed by atoms with van der Waals surface area (Å²) in [6.45, 7) is 4.39. The second kappa shape index (κ2) is 13.3. The maximum absolute atomic E-state index is 13.5. The summed E-state index contributed by atoms with van der Waals surface area (Å²) in [5.74, 6) is -11.3. The van der Waals surface area contributed by atoms with Gasteiger partial charge in [0.25, 0.3) is 0 Å². The van der Waals surface area contributed by atoms with E-state index >= 15 is 0 Å². The maximum atomic E-state index is 13.5. The predicted molar refractivity (Wildman–Crippen MR) is 160 cm³/mol. The van der Waals surface area contributed by atoms with Crippen molar-refractivity contribution < 1.29 is 46.2 Å². The summed E-state index contributed by atoms with van der Waals surface area (Å²) in [6, 6.07) is 15.3. The third kappa shape index (κ3) is 8.46. The molecule has 1 fully saturated rings. The van der Waals surface area contributed by atoms with Crippen LogP contribution in [0.15, 0.2) is 60.7 Å². The molecule has 7 nitrogen and oxygen atoms in total. The first-order chi connectivity index (χ1) is 20.9. The molecule has 1 atom stereocenters. The van der Waals surface area contributed by atoms with Crippen molar-refractivity contribution in [2.45, 2.75) is 57.5 Å². The highest BCUT2D eigenvalue weighted by Crippen LogP contribution is 2.55. The van der Waals surface area contributed by atoms with Crippen molar-refractivity contribution in [3.63, 3.8) is 0 Å². The van der Waals surface area contributed by atoms with Gasteiger partial charge in [0.15, 0.2) is 5.75 Å². The zero-order chi connectivity index (χ0) is 33.2. The standard InChI is InChI=1S/C32H29Cl2F4NO6/c1-30(2,3)45-27(41)13-12-26(40)39-22-8-10-23(11-9-22)44-28-24(14-21(33)15-25(28)34)18-4-6-19(7-5-18)29(42)43-17-20-16-31(35,36)32(20,37)38/h4-11,14-15,20H,12-13,16-17H2,1-3H3,(H,39,40). The average molecular weight is 670 g/mol. The molecule has 1 aliphatic rings. The third-order valence-corrected chi connectivity index (χ3v) is 7.19. The van der Waals surface area contributed by atoms with E-state index in [1.807, 2.05) is 0 Å². The van der Waals surface area contributed by atoms with Crippen LogP contribution in [0.1, 0.15) is 50.4 Å². The topological polar surface area (TPSA) is 90.9 Å². The number of amides is 1. The van der Waals surface area contributed by atoms with Crippen LogP contribution in [0.3, 0.4) is 0 Å². The van der Waals surface area contributed by atoms with Crippen molar-refractivity contribution >= 4 is 46.7 Å². The largest absolute Gasteiger partial charge is 0.462 e. The van der Waals surface area contributed by atoms with Crippen molar-refractivity contribution in [3.05, 3.63) is 76.3 Å². The maximum Gasteiger partial charge on any atom is 0.338 e. The molecular formula is C32H29Cl2F4NO6. The highest BCUT2D eigenvalue weighted by Gasteiger charge is 2.71. The molecule has 1 aliphatic carbocycles. The Morgan fingerprint density at radius 3 is 2.16 bits per heavy atom. The van der Waals surface area contributed by atoms with Crippen molar-refractivity contribution in [1.29, 1.82) is 0 Å². The molecular weight excluding hydrogens is 641 g/mol. The quantitative estimate of drug-likeness (QED) is 0.171. The summed E-state index contributed by atoms with van der Waals surface area (Å²) < 4.78 is 69.2. The van der Waals surface area contributed by atoms with Crippen LogP contribution in [0.5, 0.6) is 11.5 Å². The Morgan fingerprint density at radius 2 is 1.58 bits per heavy atom. The lowest BCUT2D eigenvalue weighted by Crippen LogP contribution is -2.60. The fourth-order valence-corrected chi connectivity index (χ4v) is 4.92. The van der Waals surface area contributed by atoms with E-state index in [-0.39, 0.29) is 35.1 Å². The van der Waals surface area contributed by atoms with E-state index < -0.39 is 48.3 Å². The number of halogens is 6. The minimum Gasteiger partial charge on any atom is -0.462 e. The van der Waals surface area contributed by atoms with E-state index in [0.29, 0.717) is 27.6 Å².